The van der Waals surface area contributed by atoms with Crippen molar-refractivity contribution in [2.45, 2.75) is 64.3 Å². The molecule has 0 bridgehead atoms. The number of aliphatic hydroxyl groups excluding tert-OH is 1. The SMILES string of the molecule is CCCC1CCC(NS(=O)(=O)CCCCO)CC1. The molecular formula is C13H27NO3S. The fourth-order valence-electron chi connectivity index (χ4n) is 2.69. The molecule has 0 spiro atoms. The molecule has 0 atom stereocenters. The Hall–Kier alpha value is -0.130. The number of unbranched alkanes of at least 4 members (excludes halogenated alkanes) is 1. The number of sulfonamides is 1. The van der Waals surface area contributed by atoms with E-state index < -0.39 is 10.0 Å². The zero-order valence-electron chi connectivity index (χ0n) is 11.4. The number of hydrogen-bond donors (Lipinski definition) is 2. The minimum Gasteiger partial charge on any atom is -0.396 e. The van der Waals surface area contributed by atoms with Crippen molar-refractivity contribution in [3.63, 3.8) is 0 Å². The van der Waals surface area contributed by atoms with Gasteiger partial charge in [-0.2, -0.15) is 0 Å². The van der Waals surface area contributed by atoms with Gasteiger partial charge in [0.1, 0.15) is 0 Å². The molecule has 2 N–H and O–H groups in total. The minimum absolute atomic E-state index is 0.0671. The lowest BCUT2D eigenvalue weighted by atomic mass is 9.84. The third kappa shape index (κ3) is 6.16. The van der Waals surface area contributed by atoms with Crippen molar-refractivity contribution >= 4 is 10.0 Å². The van der Waals surface area contributed by atoms with E-state index in [1.807, 2.05) is 0 Å². The fourth-order valence-corrected chi connectivity index (χ4v) is 4.14. The number of aliphatic hydroxyl groups is 1. The van der Waals surface area contributed by atoms with Gasteiger partial charge in [0.25, 0.3) is 0 Å². The second kappa shape index (κ2) is 8.12. The van der Waals surface area contributed by atoms with E-state index in [1.165, 1.54) is 12.8 Å². The molecule has 0 aromatic heterocycles. The predicted octanol–water partition coefficient (Wildman–Crippen LogP) is 2.04. The standard InChI is InChI=1S/C13H27NO3S/c1-2-5-12-6-8-13(9-7-12)14-18(16,17)11-4-3-10-15/h12-15H,2-11H2,1H3. The van der Waals surface area contributed by atoms with Crippen molar-refractivity contribution in [1.82, 2.24) is 4.72 Å². The van der Waals surface area contributed by atoms with Crippen molar-refractivity contribution in [2.24, 2.45) is 5.92 Å². The summed E-state index contributed by atoms with van der Waals surface area (Å²) in [4.78, 5) is 0. The Morgan fingerprint density at radius 2 is 1.83 bits per heavy atom. The van der Waals surface area contributed by atoms with Crippen LogP contribution in [0.15, 0.2) is 0 Å². The first-order valence-corrected chi connectivity index (χ1v) is 8.83. The molecule has 0 saturated heterocycles. The van der Waals surface area contributed by atoms with E-state index in [1.54, 1.807) is 0 Å². The summed E-state index contributed by atoms with van der Waals surface area (Å²) in [6.07, 6.45) is 7.85. The molecule has 0 aliphatic heterocycles. The molecule has 1 aliphatic carbocycles. The zero-order valence-corrected chi connectivity index (χ0v) is 12.2. The summed E-state index contributed by atoms with van der Waals surface area (Å²) in [7, 11) is -3.14. The summed E-state index contributed by atoms with van der Waals surface area (Å²) in [5.41, 5.74) is 0. The maximum atomic E-state index is 11.8. The third-order valence-corrected chi connectivity index (χ3v) is 5.23. The van der Waals surface area contributed by atoms with Gasteiger partial charge in [0.05, 0.1) is 5.75 Å². The molecule has 0 radical (unpaired) electrons. The minimum atomic E-state index is -3.14. The molecule has 0 aromatic carbocycles. The lowest BCUT2D eigenvalue weighted by Crippen LogP contribution is -2.38. The Labute approximate surface area is 111 Å². The summed E-state index contributed by atoms with van der Waals surface area (Å²) in [6, 6.07) is 0.136. The van der Waals surface area contributed by atoms with Gasteiger partial charge in [-0.25, -0.2) is 13.1 Å². The Balaban J connectivity index is 2.27. The molecule has 1 fully saturated rings. The first-order valence-electron chi connectivity index (χ1n) is 7.18. The van der Waals surface area contributed by atoms with Crippen LogP contribution >= 0.6 is 0 Å². The summed E-state index contributed by atoms with van der Waals surface area (Å²) < 4.78 is 26.4. The third-order valence-electron chi connectivity index (χ3n) is 3.71. The topological polar surface area (TPSA) is 66.4 Å². The normalized spacial score (nSPS) is 25.2. The van der Waals surface area contributed by atoms with E-state index >= 15 is 0 Å². The second-order valence-corrected chi connectivity index (χ2v) is 7.25. The van der Waals surface area contributed by atoms with Crippen LogP contribution in [0.4, 0.5) is 0 Å². The highest BCUT2D eigenvalue weighted by Gasteiger charge is 2.23. The van der Waals surface area contributed by atoms with Crippen molar-refractivity contribution < 1.29 is 13.5 Å². The average Bonchev–Trinajstić information content (AvgIpc) is 2.32. The maximum Gasteiger partial charge on any atom is 0.211 e. The van der Waals surface area contributed by atoms with Crippen LogP contribution in [0.25, 0.3) is 0 Å². The van der Waals surface area contributed by atoms with E-state index in [0.29, 0.717) is 12.8 Å². The van der Waals surface area contributed by atoms with Gasteiger partial charge in [0.15, 0.2) is 0 Å². The monoisotopic (exact) mass is 277 g/mol. The molecule has 0 unspecified atom stereocenters. The first kappa shape index (κ1) is 15.9. The molecule has 0 amide bonds. The number of nitrogens with one attached hydrogen (secondary N) is 1. The van der Waals surface area contributed by atoms with Gasteiger partial charge in [-0.3, -0.25) is 0 Å². The maximum absolute atomic E-state index is 11.8. The highest BCUT2D eigenvalue weighted by Crippen LogP contribution is 2.28. The van der Waals surface area contributed by atoms with Crippen molar-refractivity contribution in [1.29, 1.82) is 0 Å². The Kier molecular flexibility index (Phi) is 7.19. The predicted molar refractivity (Wildman–Crippen MR) is 73.9 cm³/mol. The Morgan fingerprint density at radius 1 is 1.17 bits per heavy atom. The molecule has 1 aliphatic rings. The summed E-state index contributed by atoms with van der Waals surface area (Å²) in [6.45, 7) is 2.27. The number of rotatable bonds is 8. The van der Waals surface area contributed by atoms with Crippen LogP contribution in [0.5, 0.6) is 0 Å². The van der Waals surface area contributed by atoms with Crippen molar-refractivity contribution in [3.05, 3.63) is 0 Å². The molecule has 1 rings (SSSR count). The van der Waals surface area contributed by atoms with Gasteiger partial charge in [-0.05, 0) is 44.4 Å². The lowest BCUT2D eigenvalue weighted by molar-refractivity contribution is 0.286. The van der Waals surface area contributed by atoms with E-state index in [2.05, 4.69) is 11.6 Å². The fraction of sp³-hybridized carbons (Fsp3) is 1.00. The average molecular weight is 277 g/mol. The number of hydrogen-bond acceptors (Lipinski definition) is 3. The quantitative estimate of drug-likeness (QED) is 0.667. The van der Waals surface area contributed by atoms with Gasteiger partial charge in [-0.15, -0.1) is 0 Å². The van der Waals surface area contributed by atoms with Crippen LogP contribution in [-0.2, 0) is 10.0 Å². The molecule has 1 saturated carbocycles. The molecule has 108 valence electrons. The van der Waals surface area contributed by atoms with E-state index in [9.17, 15) is 8.42 Å². The highest BCUT2D eigenvalue weighted by molar-refractivity contribution is 7.89. The summed E-state index contributed by atoms with van der Waals surface area (Å²) in [5, 5.41) is 8.65. The van der Waals surface area contributed by atoms with E-state index in [4.69, 9.17) is 5.11 Å². The molecule has 0 heterocycles. The van der Waals surface area contributed by atoms with E-state index in [0.717, 1.165) is 31.6 Å². The van der Waals surface area contributed by atoms with Gasteiger partial charge >= 0.3 is 0 Å². The van der Waals surface area contributed by atoms with Crippen LogP contribution in [0.2, 0.25) is 0 Å². The van der Waals surface area contributed by atoms with Crippen LogP contribution < -0.4 is 4.72 Å². The Morgan fingerprint density at radius 3 is 2.39 bits per heavy atom. The van der Waals surface area contributed by atoms with Crippen molar-refractivity contribution in [2.75, 3.05) is 12.4 Å². The van der Waals surface area contributed by atoms with Gasteiger partial charge in [0.2, 0.25) is 10.0 Å². The molecule has 4 nitrogen and oxygen atoms in total. The molecular weight excluding hydrogens is 250 g/mol. The van der Waals surface area contributed by atoms with Crippen LogP contribution in [0, 0.1) is 5.92 Å². The lowest BCUT2D eigenvalue weighted by Gasteiger charge is -2.28. The highest BCUT2D eigenvalue weighted by atomic mass is 32.2. The van der Waals surface area contributed by atoms with Crippen LogP contribution in [0.1, 0.15) is 58.3 Å². The molecule has 18 heavy (non-hydrogen) atoms. The zero-order chi connectivity index (χ0) is 13.4. The van der Waals surface area contributed by atoms with Crippen molar-refractivity contribution in [3.8, 4) is 0 Å². The molecule has 0 aromatic rings. The summed E-state index contributed by atoms with van der Waals surface area (Å²) >= 11 is 0. The first-order chi connectivity index (χ1) is 8.57. The summed E-state index contributed by atoms with van der Waals surface area (Å²) in [5.74, 6) is 0.938. The largest absolute Gasteiger partial charge is 0.396 e. The second-order valence-electron chi connectivity index (χ2n) is 5.37. The Bertz CT molecular complexity index is 308. The van der Waals surface area contributed by atoms with Crippen LogP contribution in [-0.4, -0.2) is 31.9 Å². The van der Waals surface area contributed by atoms with Gasteiger partial charge in [-0.1, -0.05) is 19.8 Å². The van der Waals surface area contributed by atoms with Gasteiger partial charge in [0, 0.05) is 12.6 Å². The van der Waals surface area contributed by atoms with Gasteiger partial charge < -0.3 is 5.11 Å². The van der Waals surface area contributed by atoms with Crippen LogP contribution in [0.3, 0.4) is 0 Å². The molecule has 5 heteroatoms. The smallest absolute Gasteiger partial charge is 0.211 e. The van der Waals surface area contributed by atoms with E-state index in [-0.39, 0.29) is 18.4 Å².